The molecule has 55 heavy (non-hydrogen) atoms. The zero-order valence-electron chi connectivity index (χ0n) is 32.5. The molecule has 296 valence electrons. The molecule has 0 aliphatic carbocycles. The highest BCUT2D eigenvalue weighted by Gasteiger charge is 2.28. The van der Waals surface area contributed by atoms with Gasteiger partial charge in [0.25, 0.3) is 0 Å². The Labute approximate surface area is 326 Å². The summed E-state index contributed by atoms with van der Waals surface area (Å²) in [7, 11) is 0. The van der Waals surface area contributed by atoms with E-state index in [2.05, 4.69) is 23.8 Å². The number of carbonyl (C=O) groups excluding carboxylic acids is 4. The van der Waals surface area contributed by atoms with Gasteiger partial charge in [-0.05, 0) is 63.1 Å². The fourth-order valence-electron chi connectivity index (χ4n) is 5.85. The molecule has 3 aromatic carbocycles. The van der Waals surface area contributed by atoms with Crippen molar-refractivity contribution < 1.29 is 38.1 Å². The van der Waals surface area contributed by atoms with Crippen molar-refractivity contribution in [3.05, 3.63) is 133 Å². The zero-order chi connectivity index (χ0) is 39.9. The lowest BCUT2D eigenvalue weighted by Gasteiger charge is -2.31. The molecule has 0 fully saturated rings. The lowest BCUT2D eigenvalue weighted by atomic mass is 9.90. The van der Waals surface area contributed by atoms with Crippen molar-refractivity contribution in [2.75, 3.05) is 32.8 Å². The van der Waals surface area contributed by atoms with Crippen LogP contribution in [0, 0.1) is 0 Å². The first kappa shape index (κ1) is 44.0. The van der Waals surface area contributed by atoms with E-state index in [9.17, 15) is 19.2 Å². The quantitative estimate of drug-likeness (QED) is 0.0432. The van der Waals surface area contributed by atoms with Crippen LogP contribution in [0.25, 0.3) is 0 Å². The van der Waals surface area contributed by atoms with Crippen LogP contribution in [-0.4, -0.2) is 79.6 Å². The van der Waals surface area contributed by atoms with Gasteiger partial charge >= 0.3 is 24.1 Å². The molecule has 0 spiro atoms. The summed E-state index contributed by atoms with van der Waals surface area (Å²) in [6.45, 7) is 13.8. The van der Waals surface area contributed by atoms with Crippen LogP contribution in [0.3, 0.4) is 0 Å². The summed E-state index contributed by atoms with van der Waals surface area (Å²) < 4.78 is 21.9. The largest absolute Gasteiger partial charge is 0.460 e. The number of ether oxygens (including phenoxy) is 4. The fraction of sp³-hybridized carbons (Fsp3) is 0.409. The lowest BCUT2D eigenvalue weighted by molar-refractivity contribution is -0.155. The Morgan fingerprint density at radius 3 is 1.93 bits per heavy atom. The lowest BCUT2D eigenvalue weighted by Crippen LogP contribution is -2.47. The fourth-order valence-corrected chi connectivity index (χ4v) is 5.85. The van der Waals surface area contributed by atoms with E-state index in [1.807, 2.05) is 91.0 Å². The van der Waals surface area contributed by atoms with E-state index in [1.165, 1.54) is 12.2 Å². The second kappa shape index (κ2) is 24.1. The molecule has 0 bridgehead atoms. The molecule has 2 amide bonds. The molecule has 2 N–H and O–H groups in total. The number of esters is 2. The van der Waals surface area contributed by atoms with Gasteiger partial charge in [0.2, 0.25) is 0 Å². The molecule has 0 saturated heterocycles. The summed E-state index contributed by atoms with van der Waals surface area (Å²) in [4.78, 5) is 53.8. The van der Waals surface area contributed by atoms with Gasteiger partial charge < -0.3 is 34.5 Å². The minimum atomic E-state index is -0.784. The molecule has 0 radical (unpaired) electrons. The molecule has 11 nitrogen and oxygen atoms in total. The Kier molecular flexibility index (Phi) is 19.3. The van der Waals surface area contributed by atoms with Gasteiger partial charge in [0.1, 0.15) is 31.5 Å². The maximum atomic E-state index is 13.6. The molecular weight excluding hydrogens is 698 g/mol. The molecular formula is C44H57N3O8. The van der Waals surface area contributed by atoms with Gasteiger partial charge in [-0.2, -0.15) is 0 Å². The van der Waals surface area contributed by atoms with Crippen molar-refractivity contribution in [1.82, 2.24) is 15.5 Å². The summed E-state index contributed by atoms with van der Waals surface area (Å²) in [5.41, 5.74) is 2.28. The minimum absolute atomic E-state index is 0.0208. The third-order valence-corrected chi connectivity index (χ3v) is 8.47. The number of carbonyl (C=O) groups is 4. The first-order valence-corrected chi connectivity index (χ1v) is 18.8. The number of hydrogen-bond acceptors (Lipinski definition) is 9. The Morgan fingerprint density at radius 1 is 0.764 bits per heavy atom. The molecule has 3 rings (SSSR count). The molecule has 0 aliphatic heterocycles. The van der Waals surface area contributed by atoms with E-state index in [1.54, 1.807) is 25.7 Å². The van der Waals surface area contributed by atoms with Crippen LogP contribution in [0.5, 0.6) is 0 Å². The van der Waals surface area contributed by atoms with Gasteiger partial charge in [-0.1, -0.05) is 116 Å². The number of nitrogens with one attached hydrogen (secondary N) is 2. The van der Waals surface area contributed by atoms with Crippen molar-refractivity contribution in [2.24, 2.45) is 0 Å². The van der Waals surface area contributed by atoms with Crippen molar-refractivity contribution in [3.63, 3.8) is 0 Å². The van der Waals surface area contributed by atoms with Crippen LogP contribution in [0.2, 0.25) is 0 Å². The number of benzene rings is 3. The van der Waals surface area contributed by atoms with E-state index in [0.29, 0.717) is 32.2 Å². The predicted molar refractivity (Wildman–Crippen MR) is 213 cm³/mol. The van der Waals surface area contributed by atoms with Crippen LogP contribution >= 0.6 is 0 Å². The van der Waals surface area contributed by atoms with Gasteiger partial charge in [0.15, 0.2) is 0 Å². The van der Waals surface area contributed by atoms with Crippen LogP contribution in [0.4, 0.5) is 9.59 Å². The first-order valence-electron chi connectivity index (χ1n) is 18.8. The van der Waals surface area contributed by atoms with Gasteiger partial charge in [0, 0.05) is 38.0 Å². The molecule has 3 aromatic rings. The summed E-state index contributed by atoms with van der Waals surface area (Å²) in [5.74, 6) is -1.02. The summed E-state index contributed by atoms with van der Waals surface area (Å²) >= 11 is 0. The van der Waals surface area contributed by atoms with Crippen molar-refractivity contribution in [3.8, 4) is 0 Å². The molecule has 2 atom stereocenters. The maximum absolute atomic E-state index is 13.6. The van der Waals surface area contributed by atoms with Gasteiger partial charge in [-0.15, -0.1) is 0 Å². The number of amides is 2. The second-order valence-corrected chi connectivity index (χ2v) is 14.1. The molecule has 1 unspecified atom stereocenters. The summed E-state index contributed by atoms with van der Waals surface area (Å²) in [6.07, 6.45) is 3.45. The summed E-state index contributed by atoms with van der Waals surface area (Å²) in [5, 5.41) is 6.15. The highest BCUT2D eigenvalue weighted by molar-refractivity contribution is 5.76. The smallest absolute Gasteiger partial charge is 0.410 e. The normalized spacial score (nSPS) is 12.1. The molecule has 0 aromatic heterocycles. The van der Waals surface area contributed by atoms with Crippen LogP contribution in [-0.2, 0) is 35.1 Å². The van der Waals surface area contributed by atoms with Crippen molar-refractivity contribution >= 4 is 24.1 Å². The van der Waals surface area contributed by atoms with E-state index in [0.717, 1.165) is 16.7 Å². The summed E-state index contributed by atoms with van der Waals surface area (Å²) in [6, 6.07) is 28.1. The van der Waals surface area contributed by atoms with Gasteiger partial charge in [-0.3, -0.25) is 9.59 Å². The molecule has 11 heteroatoms. The average Bonchev–Trinajstić information content (AvgIpc) is 3.18. The van der Waals surface area contributed by atoms with Gasteiger partial charge in [0.05, 0.1) is 0 Å². The van der Waals surface area contributed by atoms with E-state index in [-0.39, 0.29) is 51.2 Å². The Morgan fingerprint density at radius 2 is 1.35 bits per heavy atom. The predicted octanol–water partition coefficient (Wildman–Crippen LogP) is 7.72. The second-order valence-electron chi connectivity index (χ2n) is 14.1. The highest BCUT2D eigenvalue weighted by Crippen LogP contribution is 2.26. The standard InChI is InChI=1S/C44H57N3O8/c1-6-30-52-41(49)39(24-17-28-45-42(50)54-33-34-18-11-8-12-19-34)46-37(25-26-40(48)55-44(3,4)5)27-29-47(43(51)53-31-7-2)32-38(35-20-13-9-14-21-35)36-22-15-10-16-23-36/h6-16,18-23,37-39,46H,1-2,17,24-33H2,3-5H3,(H,45,50)/t37?,39-/m0/s1. The Hall–Kier alpha value is -5.42. The Balaban J connectivity index is 1.79. The van der Waals surface area contributed by atoms with Crippen molar-refractivity contribution in [2.45, 2.75) is 83.1 Å². The Bertz CT molecular complexity index is 1570. The number of rotatable bonds is 23. The topological polar surface area (TPSA) is 132 Å². The first-order chi connectivity index (χ1) is 26.5. The molecule has 0 heterocycles. The third-order valence-electron chi connectivity index (χ3n) is 8.47. The molecule has 0 saturated carbocycles. The number of nitrogens with zero attached hydrogens (tertiary/aromatic N) is 1. The zero-order valence-corrected chi connectivity index (χ0v) is 32.5. The van der Waals surface area contributed by atoms with E-state index < -0.39 is 35.8 Å². The highest BCUT2D eigenvalue weighted by atomic mass is 16.6. The number of alkyl carbamates (subject to hydrolysis) is 1. The average molecular weight is 756 g/mol. The van der Waals surface area contributed by atoms with Crippen LogP contribution < -0.4 is 10.6 Å². The SMILES string of the molecule is C=CCOC(=O)[C@H](CCCNC(=O)OCc1ccccc1)NC(CCC(=O)OC(C)(C)C)CCN(CC(c1ccccc1)c1ccccc1)C(=O)OCC=C. The molecule has 0 aliphatic rings. The maximum Gasteiger partial charge on any atom is 0.410 e. The third kappa shape index (κ3) is 17.5. The van der Waals surface area contributed by atoms with Gasteiger partial charge in [-0.25, -0.2) is 9.59 Å². The van der Waals surface area contributed by atoms with E-state index >= 15 is 0 Å². The number of hydrogen-bond donors (Lipinski definition) is 2. The van der Waals surface area contributed by atoms with E-state index in [4.69, 9.17) is 18.9 Å². The van der Waals surface area contributed by atoms with Crippen molar-refractivity contribution in [1.29, 1.82) is 0 Å². The minimum Gasteiger partial charge on any atom is -0.460 e. The monoisotopic (exact) mass is 755 g/mol. The van der Waals surface area contributed by atoms with Crippen LogP contribution in [0.15, 0.2) is 116 Å². The van der Waals surface area contributed by atoms with Crippen LogP contribution in [0.1, 0.15) is 75.5 Å².